The van der Waals surface area contributed by atoms with Crippen molar-refractivity contribution >= 4 is 17.4 Å². The van der Waals surface area contributed by atoms with Crippen LogP contribution in [0.15, 0.2) is 52.4 Å². The van der Waals surface area contributed by atoms with E-state index in [1.54, 1.807) is 11.8 Å². The number of anilines is 1. The molecular formula is C11H14N2S. The second kappa shape index (κ2) is 5.40. The van der Waals surface area contributed by atoms with Crippen LogP contribution in [0.1, 0.15) is 6.92 Å². The van der Waals surface area contributed by atoms with E-state index in [4.69, 9.17) is 11.5 Å². The summed E-state index contributed by atoms with van der Waals surface area (Å²) in [5.41, 5.74) is 11.6. The van der Waals surface area contributed by atoms with Crippen molar-refractivity contribution in [2.45, 2.75) is 11.8 Å². The van der Waals surface area contributed by atoms with E-state index in [2.05, 4.69) is 0 Å². The number of hydrogen-bond acceptors (Lipinski definition) is 3. The molecule has 0 aliphatic rings. The number of benzene rings is 1. The van der Waals surface area contributed by atoms with Gasteiger partial charge in [0, 0.05) is 10.6 Å². The summed E-state index contributed by atoms with van der Waals surface area (Å²) < 4.78 is 0. The Morgan fingerprint density at radius 3 is 2.50 bits per heavy atom. The van der Waals surface area contributed by atoms with E-state index < -0.39 is 0 Å². The van der Waals surface area contributed by atoms with Crippen molar-refractivity contribution in [3.63, 3.8) is 0 Å². The monoisotopic (exact) mass is 206 g/mol. The molecule has 2 nitrogen and oxygen atoms in total. The van der Waals surface area contributed by atoms with Crippen LogP contribution in [0.25, 0.3) is 0 Å². The lowest BCUT2D eigenvalue weighted by molar-refractivity contribution is 1.46. The first-order valence-electron chi connectivity index (χ1n) is 4.31. The summed E-state index contributed by atoms with van der Waals surface area (Å²) in [5.74, 6) is 0. The Kier molecular flexibility index (Phi) is 4.13. The zero-order valence-electron chi connectivity index (χ0n) is 8.10. The molecule has 0 unspecified atom stereocenters. The van der Waals surface area contributed by atoms with E-state index in [0.29, 0.717) is 0 Å². The van der Waals surface area contributed by atoms with Gasteiger partial charge in [-0.15, -0.1) is 0 Å². The zero-order valence-corrected chi connectivity index (χ0v) is 8.92. The molecule has 0 saturated carbocycles. The highest BCUT2D eigenvalue weighted by molar-refractivity contribution is 8.03. The van der Waals surface area contributed by atoms with Crippen LogP contribution in [0.5, 0.6) is 0 Å². The summed E-state index contributed by atoms with van der Waals surface area (Å²) in [6.07, 6.45) is 5.31. The third-order valence-corrected chi connectivity index (χ3v) is 2.57. The molecule has 1 aromatic rings. The Labute approximate surface area is 88.7 Å². The second-order valence-corrected chi connectivity index (χ2v) is 4.15. The van der Waals surface area contributed by atoms with Gasteiger partial charge in [0.25, 0.3) is 0 Å². The molecule has 0 bridgehead atoms. The fourth-order valence-corrected chi connectivity index (χ4v) is 1.74. The molecule has 0 fully saturated rings. The summed E-state index contributed by atoms with van der Waals surface area (Å²) in [7, 11) is 0. The van der Waals surface area contributed by atoms with E-state index in [1.165, 1.54) is 16.0 Å². The largest absolute Gasteiger partial charge is 0.405 e. The van der Waals surface area contributed by atoms with Crippen LogP contribution in [-0.2, 0) is 0 Å². The summed E-state index contributed by atoms with van der Waals surface area (Å²) in [5, 5.41) is 0. The Morgan fingerprint density at radius 1 is 1.29 bits per heavy atom. The van der Waals surface area contributed by atoms with Gasteiger partial charge in [-0.25, -0.2) is 0 Å². The van der Waals surface area contributed by atoms with E-state index in [-0.39, 0.29) is 0 Å². The second-order valence-electron chi connectivity index (χ2n) is 2.83. The fourth-order valence-electron chi connectivity index (χ4n) is 0.947. The Hall–Kier alpha value is -1.35. The molecule has 0 aliphatic carbocycles. The Bertz CT molecular complexity index is 339. The maximum atomic E-state index is 5.59. The lowest BCUT2D eigenvalue weighted by Crippen LogP contribution is -1.82. The molecule has 0 heterocycles. The highest BCUT2D eigenvalue weighted by atomic mass is 32.2. The smallest absolute Gasteiger partial charge is 0.0314 e. The minimum Gasteiger partial charge on any atom is -0.405 e. The first-order valence-corrected chi connectivity index (χ1v) is 5.12. The average molecular weight is 206 g/mol. The average Bonchev–Trinajstić information content (AvgIpc) is 2.18. The number of nitrogen functional groups attached to an aromatic ring is 1. The van der Waals surface area contributed by atoms with Crippen molar-refractivity contribution < 1.29 is 0 Å². The molecule has 0 saturated heterocycles. The number of nitrogens with two attached hydrogens (primary N) is 2. The normalized spacial score (nSPS) is 12.2. The van der Waals surface area contributed by atoms with Crippen molar-refractivity contribution in [3.05, 3.63) is 47.5 Å². The van der Waals surface area contributed by atoms with Gasteiger partial charge in [-0.2, -0.15) is 0 Å². The van der Waals surface area contributed by atoms with Crippen molar-refractivity contribution in [2.75, 3.05) is 5.73 Å². The van der Waals surface area contributed by atoms with E-state index in [9.17, 15) is 0 Å². The quantitative estimate of drug-likeness (QED) is 0.454. The molecule has 1 aromatic carbocycles. The molecule has 3 heteroatoms. The Balaban J connectivity index is 2.65. The fraction of sp³-hybridized carbons (Fsp3) is 0.0909. The molecule has 0 amide bonds. The van der Waals surface area contributed by atoms with Gasteiger partial charge >= 0.3 is 0 Å². The number of rotatable bonds is 3. The maximum absolute atomic E-state index is 5.59. The SMILES string of the molecule is CC(=CC=CN)Sc1ccc(N)cc1. The predicted molar refractivity (Wildman–Crippen MR) is 63.8 cm³/mol. The molecule has 0 aliphatic heterocycles. The third-order valence-electron chi connectivity index (χ3n) is 1.60. The van der Waals surface area contributed by atoms with Gasteiger partial charge in [0.1, 0.15) is 0 Å². The summed E-state index contributed by atoms with van der Waals surface area (Å²) >= 11 is 1.69. The van der Waals surface area contributed by atoms with Crippen molar-refractivity contribution in [2.24, 2.45) is 5.73 Å². The molecule has 0 spiro atoms. The molecule has 0 aromatic heterocycles. The highest BCUT2D eigenvalue weighted by Crippen LogP contribution is 2.26. The van der Waals surface area contributed by atoms with Gasteiger partial charge in [0.15, 0.2) is 0 Å². The summed E-state index contributed by atoms with van der Waals surface area (Å²) in [6.45, 7) is 2.04. The lowest BCUT2D eigenvalue weighted by Gasteiger charge is -2.00. The van der Waals surface area contributed by atoms with Crippen LogP contribution < -0.4 is 11.5 Å². The van der Waals surface area contributed by atoms with Crippen molar-refractivity contribution in [1.29, 1.82) is 0 Å². The molecular weight excluding hydrogens is 192 g/mol. The summed E-state index contributed by atoms with van der Waals surface area (Å²) in [4.78, 5) is 2.37. The molecule has 14 heavy (non-hydrogen) atoms. The van der Waals surface area contributed by atoms with Gasteiger partial charge < -0.3 is 11.5 Å². The first kappa shape index (κ1) is 10.7. The lowest BCUT2D eigenvalue weighted by atomic mass is 10.3. The predicted octanol–water partition coefficient (Wildman–Crippen LogP) is 2.74. The van der Waals surface area contributed by atoms with Crippen LogP contribution in [0, 0.1) is 0 Å². The maximum Gasteiger partial charge on any atom is 0.0314 e. The third kappa shape index (κ3) is 3.58. The molecule has 4 N–H and O–H groups in total. The molecule has 1 rings (SSSR count). The van der Waals surface area contributed by atoms with Crippen LogP contribution >= 0.6 is 11.8 Å². The van der Waals surface area contributed by atoms with Gasteiger partial charge in [-0.1, -0.05) is 17.8 Å². The van der Waals surface area contributed by atoms with Crippen LogP contribution in [-0.4, -0.2) is 0 Å². The number of thioether (sulfide) groups is 1. The van der Waals surface area contributed by atoms with Gasteiger partial charge in [0.05, 0.1) is 0 Å². The first-order chi connectivity index (χ1) is 6.72. The van der Waals surface area contributed by atoms with Crippen molar-refractivity contribution in [1.82, 2.24) is 0 Å². The molecule has 74 valence electrons. The van der Waals surface area contributed by atoms with Crippen LogP contribution in [0.4, 0.5) is 5.69 Å². The minimum absolute atomic E-state index is 0.790. The van der Waals surface area contributed by atoms with E-state index >= 15 is 0 Å². The van der Waals surface area contributed by atoms with E-state index in [0.717, 1.165) is 5.69 Å². The number of allylic oxidation sites excluding steroid dienone is 3. The topological polar surface area (TPSA) is 52.0 Å². The number of hydrogen-bond donors (Lipinski definition) is 2. The molecule has 0 radical (unpaired) electrons. The van der Waals surface area contributed by atoms with Gasteiger partial charge in [-0.3, -0.25) is 0 Å². The van der Waals surface area contributed by atoms with Crippen LogP contribution in [0.3, 0.4) is 0 Å². The molecule has 0 atom stereocenters. The zero-order chi connectivity index (χ0) is 10.4. The van der Waals surface area contributed by atoms with Gasteiger partial charge in [-0.05, 0) is 48.4 Å². The summed E-state index contributed by atoms with van der Waals surface area (Å²) in [6, 6.07) is 7.80. The minimum atomic E-state index is 0.790. The Morgan fingerprint density at radius 2 is 1.93 bits per heavy atom. The van der Waals surface area contributed by atoms with Gasteiger partial charge in [0.2, 0.25) is 0 Å². The highest BCUT2D eigenvalue weighted by Gasteiger charge is 1.94. The standard InChI is InChI=1S/C11H14N2S/c1-9(3-2-8-12)14-11-6-4-10(13)5-7-11/h2-8H,12-13H2,1H3. The van der Waals surface area contributed by atoms with Crippen molar-refractivity contribution in [3.8, 4) is 0 Å². The van der Waals surface area contributed by atoms with E-state index in [1.807, 2.05) is 43.3 Å². The van der Waals surface area contributed by atoms with Crippen LogP contribution in [0.2, 0.25) is 0 Å².